The van der Waals surface area contributed by atoms with E-state index >= 15 is 0 Å². The van der Waals surface area contributed by atoms with Crippen LogP contribution in [0.3, 0.4) is 0 Å². The van der Waals surface area contributed by atoms with Gasteiger partial charge in [0.25, 0.3) is 0 Å². The number of hydrogen-bond donors (Lipinski definition) is 0. The third kappa shape index (κ3) is 1.45. The molecule has 0 N–H and O–H groups in total. The second-order valence-corrected chi connectivity index (χ2v) is 4.57. The summed E-state index contributed by atoms with van der Waals surface area (Å²) in [7, 11) is 0. The smallest absolute Gasteiger partial charge is 0.127 e. The van der Waals surface area contributed by atoms with E-state index < -0.39 is 0 Å². The third-order valence-electron chi connectivity index (χ3n) is 2.56. The van der Waals surface area contributed by atoms with E-state index in [0.717, 1.165) is 10.5 Å². The van der Waals surface area contributed by atoms with Crippen LogP contribution in [-0.4, -0.2) is 0 Å². The largest absolute Gasteiger partial charge is 0.207 e. The van der Waals surface area contributed by atoms with Crippen LogP contribution in [0.25, 0.3) is 0 Å². The van der Waals surface area contributed by atoms with Gasteiger partial charge in [-0.2, -0.15) is 0 Å². The lowest BCUT2D eigenvalue weighted by Crippen LogP contribution is -2.01. The standard InChI is InChI=1S/C13H8FS/c14-11-5-3-7-13-10(11)8-9-4-1-2-6-12(9)15-13/h1-6H,8H2. The van der Waals surface area contributed by atoms with Gasteiger partial charge in [-0.1, -0.05) is 36.0 Å². The van der Waals surface area contributed by atoms with E-state index in [0.29, 0.717) is 6.42 Å². The predicted octanol–water partition coefficient (Wildman–Crippen LogP) is 3.68. The minimum absolute atomic E-state index is 0.120. The van der Waals surface area contributed by atoms with Crippen LogP contribution in [-0.2, 0) is 6.42 Å². The average Bonchev–Trinajstić information content (AvgIpc) is 2.27. The molecule has 0 amide bonds. The maximum atomic E-state index is 13.5. The van der Waals surface area contributed by atoms with Gasteiger partial charge in [0.15, 0.2) is 0 Å². The van der Waals surface area contributed by atoms with Gasteiger partial charge in [-0.3, -0.25) is 0 Å². The highest BCUT2D eigenvalue weighted by atomic mass is 32.2. The predicted molar refractivity (Wildman–Crippen MR) is 58.6 cm³/mol. The Balaban J connectivity index is 2.15. The number of rotatable bonds is 0. The van der Waals surface area contributed by atoms with Crippen molar-refractivity contribution >= 4 is 11.8 Å². The molecule has 0 saturated carbocycles. The van der Waals surface area contributed by atoms with E-state index in [2.05, 4.69) is 18.2 Å². The fraction of sp³-hybridized carbons (Fsp3) is 0.0769. The molecule has 1 radical (unpaired) electrons. The summed E-state index contributed by atoms with van der Waals surface area (Å²) in [4.78, 5) is 2.14. The Morgan fingerprint density at radius 3 is 3.00 bits per heavy atom. The van der Waals surface area contributed by atoms with Gasteiger partial charge in [-0.15, -0.1) is 0 Å². The van der Waals surface area contributed by atoms with Gasteiger partial charge in [0.1, 0.15) is 5.82 Å². The Bertz CT molecular complexity index is 520. The topological polar surface area (TPSA) is 0 Å². The number of benzene rings is 2. The first-order valence-electron chi connectivity index (χ1n) is 4.79. The van der Waals surface area contributed by atoms with Gasteiger partial charge in [-0.25, -0.2) is 4.39 Å². The molecule has 0 aromatic heterocycles. The Morgan fingerprint density at radius 2 is 2.07 bits per heavy atom. The molecule has 1 heterocycles. The molecular formula is C13H8FS. The SMILES string of the molecule is Fc1cc[c]c2c1Cc1ccccc1S2. The van der Waals surface area contributed by atoms with Gasteiger partial charge >= 0.3 is 0 Å². The van der Waals surface area contributed by atoms with Crippen LogP contribution in [0, 0.1) is 11.9 Å². The molecule has 1 aliphatic rings. The van der Waals surface area contributed by atoms with Crippen molar-refractivity contribution in [2.24, 2.45) is 0 Å². The molecule has 2 heteroatoms. The second-order valence-electron chi connectivity index (χ2n) is 3.52. The maximum Gasteiger partial charge on any atom is 0.127 e. The summed E-state index contributed by atoms with van der Waals surface area (Å²) < 4.78 is 13.5. The van der Waals surface area contributed by atoms with E-state index in [1.54, 1.807) is 17.8 Å². The van der Waals surface area contributed by atoms with Crippen LogP contribution in [0.15, 0.2) is 46.2 Å². The van der Waals surface area contributed by atoms with Crippen LogP contribution in [0.4, 0.5) is 4.39 Å². The molecule has 0 unspecified atom stereocenters. The summed E-state index contributed by atoms with van der Waals surface area (Å²) in [6.45, 7) is 0. The second kappa shape index (κ2) is 3.38. The minimum atomic E-state index is -0.120. The Kier molecular flexibility index (Phi) is 2.03. The lowest BCUT2D eigenvalue weighted by Gasteiger charge is -2.18. The summed E-state index contributed by atoms with van der Waals surface area (Å²) in [6, 6.07) is 14.4. The fourth-order valence-electron chi connectivity index (χ4n) is 1.79. The van der Waals surface area contributed by atoms with E-state index in [1.807, 2.05) is 12.1 Å². The van der Waals surface area contributed by atoms with Crippen LogP contribution in [0.2, 0.25) is 0 Å². The quantitative estimate of drug-likeness (QED) is 0.551. The summed E-state index contributed by atoms with van der Waals surface area (Å²) in [6.07, 6.45) is 0.682. The summed E-state index contributed by atoms with van der Waals surface area (Å²) in [5.74, 6) is -0.120. The first-order chi connectivity index (χ1) is 7.34. The molecule has 1 aliphatic heterocycles. The van der Waals surface area contributed by atoms with Gasteiger partial charge in [0, 0.05) is 21.8 Å². The first kappa shape index (κ1) is 8.98. The van der Waals surface area contributed by atoms with Gasteiger partial charge in [-0.05, 0) is 23.8 Å². The Labute approximate surface area is 92.1 Å². The van der Waals surface area contributed by atoms with E-state index in [1.165, 1.54) is 16.5 Å². The average molecular weight is 215 g/mol. The zero-order valence-electron chi connectivity index (χ0n) is 7.96. The van der Waals surface area contributed by atoms with E-state index in [-0.39, 0.29) is 5.82 Å². The lowest BCUT2D eigenvalue weighted by atomic mass is 10.0. The third-order valence-corrected chi connectivity index (χ3v) is 3.74. The zero-order valence-corrected chi connectivity index (χ0v) is 8.77. The number of hydrogen-bond acceptors (Lipinski definition) is 1. The molecule has 0 fully saturated rings. The fourth-order valence-corrected chi connectivity index (χ4v) is 2.85. The van der Waals surface area contributed by atoms with Gasteiger partial charge in [0.05, 0.1) is 0 Å². The molecule has 0 nitrogen and oxygen atoms in total. The Hall–Kier alpha value is -1.28. The molecular weight excluding hydrogens is 207 g/mol. The molecule has 0 atom stereocenters. The summed E-state index contributed by atoms with van der Waals surface area (Å²) in [5.41, 5.74) is 1.98. The number of fused-ring (bicyclic) bond motifs is 2. The normalized spacial score (nSPS) is 13.1. The van der Waals surface area contributed by atoms with Crippen molar-refractivity contribution in [3.63, 3.8) is 0 Å². The molecule has 15 heavy (non-hydrogen) atoms. The minimum Gasteiger partial charge on any atom is -0.207 e. The molecule has 0 spiro atoms. The highest BCUT2D eigenvalue weighted by Gasteiger charge is 2.18. The van der Waals surface area contributed by atoms with Crippen molar-refractivity contribution in [2.45, 2.75) is 16.2 Å². The summed E-state index contributed by atoms with van der Waals surface area (Å²) in [5, 5.41) is 0. The van der Waals surface area contributed by atoms with Gasteiger partial charge < -0.3 is 0 Å². The van der Waals surface area contributed by atoms with Crippen molar-refractivity contribution in [3.05, 3.63) is 59.4 Å². The maximum absolute atomic E-state index is 13.5. The molecule has 0 bridgehead atoms. The first-order valence-corrected chi connectivity index (χ1v) is 5.61. The molecule has 2 aromatic carbocycles. The van der Waals surface area contributed by atoms with Crippen LogP contribution >= 0.6 is 11.8 Å². The highest BCUT2D eigenvalue weighted by molar-refractivity contribution is 7.99. The van der Waals surface area contributed by atoms with Crippen molar-refractivity contribution < 1.29 is 4.39 Å². The molecule has 0 aliphatic carbocycles. The van der Waals surface area contributed by atoms with Crippen molar-refractivity contribution in [2.75, 3.05) is 0 Å². The molecule has 3 rings (SSSR count). The molecule has 2 aromatic rings. The lowest BCUT2D eigenvalue weighted by molar-refractivity contribution is 0.606. The van der Waals surface area contributed by atoms with E-state index in [9.17, 15) is 4.39 Å². The highest BCUT2D eigenvalue weighted by Crippen LogP contribution is 2.39. The van der Waals surface area contributed by atoms with Crippen LogP contribution in [0.5, 0.6) is 0 Å². The van der Waals surface area contributed by atoms with Crippen molar-refractivity contribution in [1.82, 2.24) is 0 Å². The number of halogens is 1. The Morgan fingerprint density at radius 1 is 1.20 bits per heavy atom. The van der Waals surface area contributed by atoms with Crippen LogP contribution in [0.1, 0.15) is 11.1 Å². The summed E-state index contributed by atoms with van der Waals surface area (Å²) >= 11 is 1.60. The molecule has 73 valence electrons. The van der Waals surface area contributed by atoms with Crippen molar-refractivity contribution in [1.29, 1.82) is 0 Å². The zero-order chi connectivity index (χ0) is 10.3. The molecule has 0 saturated heterocycles. The van der Waals surface area contributed by atoms with Crippen LogP contribution < -0.4 is 0 Å². The van der Waals surface area contributed by atoms with Crippen molar-refractivity contribution in [3.8, 4) is 0 Å². The van der Waals surface area contributed by atoms with E-state index in [4.69, 9.17) is 0 Å². The monoisotopic (exact) mass is 215 g/mol. The van der Waals surface area contributed by atoms with Gasteiger partial charge in [0.2, 0.25) is 0 Å².